The van der Waals surface area contributed by atoms with Gasteiger partial charge in [-0.05, 0) is 34.5 Å². The van der Waals surface area contributed by atoms with E-state index in [0.29, 0.717) is 15.6 Å². The predicted octanol–water partition coefficient (Wildman–Crippen LogP) is 3.81. The minimum Gasteiger partial charge on any atom is -0.507 e. The smallest absolute Gasteiger partial charge is 0.123 e. The predicted molar refractivity (Wildman–Crippen MR) is 68.5 cm³/mol. The molecule has 0 spiro atoms. The topological polar surface area (TPSA) is 46.2 Å². The zero-order valence-electron chi connectivity index (χ0n) is 8.15. The standard InChI is InChI=1S/C11H9Cl2NOS/c12-7-3-8(13)10(9(15)4-7)11(14)6-1-2-16-5-6/h1-5,11,15H,14H2/t11-/m0/s1. The van der Waals surface area contributed by atoms with Gasteiger partial charge in [-0.3, -0.25) is 0 Å². The number of rotatable bonds is 2. The van der Waals surface area contributed by atoms with Crippen molar-refractivity contribution in [2.75, 3.05) is 0 Å². The molecule has 0 aliphatic carbocycles. The van der Waals surface area contributed by atoms with Gasteiger partial charge in [0.1, 0.15) is 5.75 Å². The maximum atomic E-state index is 9.80. The Morgan fingerprint density at radius 1 is 1.31 bits per heavy atom. The summed E-state index contributed by atoms with van der Waals surface area (Å²) in [6.45, 7) is 0. The summed E-state index contributed by atoms with van der Waals surface area (Å²) in [5, 5.41) is 14.4. The summed E-state index contributed by atoms with van der Waals surface area (Å²) < 4.78 is 0. The van der Waals surface area contributed by atoms with Crippen molar-refractivity contribution in [3.63, 3.8) is 0 Å². The van der Waals surface area contributed by atoms with E-state index in [4.69, 9.17) is 28.9 Å². The van der Waals surface area contributed by atoms with Crippen molar-refractivity contribution in [2.24, 2.45) is 5.73 Å². The number of nitrogens with two attached hydrogens (primary N) is 1. The van der Waals surface area contributed by atoms with Crippen LogP contribution in [-0.4, -0.2) is 5.11 Å². The van der Waals surface area contributed by atoms with Gasteiger partial charge in [0.2, 0.25) is 0 Å². The molecule has 2 rings (SSSR count). The van der Waals surface area contributed by atoms with Crippen LogP contribution in [0.5, 0.6) is 5.75 Å². The number of halogens is 2. The largest absolute Gasteiger partial charge is 0.507 e. The first-order valence-corrected chi connectivity index (χ1v) is 6.25. The van der Waals surface area contributed by atoms with Gasteiger partial charge < -0.3 is 10.8 Å². The fourth-order valence-electron chi connectivity index (χ4n) is 1.50. The van der Waals surface area contributed by atoms with Crippen LogP contribution in [0, 0.1) is 0 Å². The lowest BCUT2D eigenvalue weighted by Crippen LogP contribution is -2.11. The van der Waals surface area contributed by atoms with Crippen LogP contribution >= 0.6 is 34.5 Å². The number of hydrogen-bond donors (Lipinski definition) is 2. The van der Waals surface area contributed by atoms with Gasteiger partial charge in [0.25, 0.3) is 0 Å². The lowest BCUT2D eigenvalue weighted by molar-refractivity contribution is 0.465. The number of phenols is 1. The number of phenolic OH excluding ortho intramolecular Hbond substituents is 1. The summed E-state index contributed by atoms with van der Waals surface area (Å²) in [6.07, 6.45) is 0. The monoisotopic (exact) mass is 273 g/mol. The first-order valence-electron chi connectivity index (χ1n) is 4.55. The molecule has 84 valence electrons. The quantitative estimate of drug-likeness (QED) is 0.874. The normalized spacial score (nSPS) is 12.7. The summed E-state index contributed by atoms with van der Waals surface area (Å²) in [4.78, 5) is 0. The molecular weight excluding hydrogens is 265 g/mol. The zero-order valence-corrected chi connectivity index (χ0v) is 10.5. The van der Waals surface area contributed by atoms with Crippen LogP contribution in [0.2, 0.25) is 10.0 Å². The van der Waals surface area contributed by atoms with Crippen LogP contribution in [0.25, 0.3) is 0 Å². The fourth-order valence-corrected chi connectivity index (χ4v) is 2.79. The third kappa shape index (κ3) is 2.18. The van der Waals surface area contributed by atoms with Crippen LogP contribution < -0.4 is 5.73 Å². The molecule has 16 heavy (non-hydrogen) atoms. The summed E-state index contributed by atoms with van der Waals surface area (Å²) in [5.41, 5.74) is 7.46. The van der Waals surface area contributed by atoms with Crippen LogP contribution in [-0.2, 0) is 0 Å². The van der Waals surface area contributed by atoms with E-state index in [1.807, 2.05) is 16.8 Å². The molecule has 1 aromatic heterocycles. The van der Waals surface area contributed by atoms with Crippen LogP contribution in [0.15, 0.2) is 29.0 Å². The van der Waals surface area contributed by atoms with Crippen LogP contribution in [0.4, 0.5) is 0 Å². The highest BCUT2D eigenvalue weighted by molar-refractivity contribution is 7.08. The molecule has 1 aromatic carbocycles. The lowest BCUT2D eigenvalue weighted by Gasteiger charge is -2.14. The Labute approximate surface area is 107 Å². The Morgan fingerprint density at radius 2 is 2.06 bits per heavy atom. The van der Waals surface area contributed by atoms with Gasteiger partial charge in [-0.15, -0.1) is 0 Å². The minimum atomic E-state index is -0.434. The molecular formula is C11H9Cl2NOS. The van der Waals surface area contributed by atoms with Crippen molar-refractivity contribution in [2.45, 2.75) is 6.04 Å². The highest BCUT2D eigenvalue weighted by atomic mass is 35.5. The maximum Gasteiger partial charge on any atom is 0.123 e. The van der Waals surface area contributed by atoms with E-state index in [2.05, 4.69) is 0 Å². The SMILES string of the molecule is N[C@@H](c1ccsc1)c1c(O)cc(Cl)cc1Cl. The van der Waals surface area contributed by atoms with Crippen molar-refractivity contribution in [3.05, 3.63) is 50.1 Å². The van der Waals surface area contributed by atoms with Gasteiger partial charge in [-0.2, -0.15) is 11.3 Å². The number of thiophene rings is 1. The average Bonchev–Trinajstić information content (AvgIpc) is 2.67. The molecule has 0 aliphatic heterocycles. The Hall–Kier alpha value is -0.740. The Bertz CT molecular complexity index is 476. The van der Waals surface area contributed by atoms with Crippen molar-refractivity contribution >= 4 is 34.5 Å². The molecule has 0 saturated heterocycles. The molecule has 0 fully saturated rings. The molecule has 0 aliphatic rings. The van der Waals surface area contributed by atoms with Gasteiger partial charge in [0.05, 0.1) is 11.1 Å². The summed E-state index contributed by atoms with van der Waals surface area (Å²) >= 11 is 13.3. The Balaban J connectivity index is 2.48. The molecule has 2 nitrogen and oxygen atoms in total. The van der Waals surface area contributed by atoms with Crippen LogP contribution in [0.3, 0.4) is 0 Å². The molecule has 1 atom stereocenters. The molecule has 0 bridgehead atoms. The van der Waals surface area contributed by atoms with Crippen LogP contribution in [0.1, 0.15) is 17.2 Å². The van der Waals surface area contributed by atoms with E-state index < -0.39 is 6.04 Å². The fraction of sp³-hybridized carbons (Fsp3) is 0.0909. The average molecular weight is 274 g/mol. The Morgan fingerprint density at radius 3 is 2.62 bits per heavy atom. The molecule has 3 N–H and O–H groups in total. The number of hydrogen-bond acceptors (Lipinski definition) is 3. The molecule has 2 aromatic rings. The van der Waals surface area contributed by atoms with Gasteiger partial charge in [-0.25, -0.2) is 0 Å². The molecule has 1 heterocycles. The van der Waals surface area contributed by atoms with E-state index in [0.717, 1.165) is 5.56 Å². The van der Waals surface area contributed by atoms with Crippen molar-refractivity contribution in [3.8, 4) is 5.75 Å². The molecule has 0 radical (unpaired) electrons. The first kappa shape index (κ1) is 11.7. The molecule has 0 unspecified atom stereocenters. The molecule has 0 amide bonds. The van der Waals surface area contributed by atoms with E-state index in [-0.39, 0.29) is 5.75 Å². The van der Waals surface area contributed by atoms with Gasteiger partial charge in [0.15, 0.2) is 0 Å². The maximum absolute atomic E-state index is 9.80. The zero-order chi connectivity index (χ0) is 11.7. The van der Waals surface area contributed by atoms with E-state index in [9.17, 15) is 5.11 Å². The number of benzene rings is 1. The second-order valence-corrected chi connectivity index (χ2v) is 4.98. The Kier molecular flexibility index (Phi) is 3.40. The number of aromatic hydroxyl groups is 1. The van der Waals surface area contributed by atoms with Crippen molar-refractivity contribution in [1.82, 2.24) is 0 Å². The third-order valence-electron chi connectivity index (χ3n) is 2.29. The van der Waals surface area contributed by atoms with E-state index in [1.165, 1.54) is 6.07 Å². The van der Waals surface area contributed by atoms with Gasteiger partial charge >= 0.3 is 0 Å². The first-order chi connectivity index (χ1) is 7.59. The molecule has 0 saturated carbocycles. The van der Waals surface area contributed by atoms with Crippen molar-refractivity contribution < 1.29 is 5.11 Å². The van der Waals surface area contributed by atoms with E-state index >= 15 is 0 Å². The second-order valence-electron chi connectivity index (χ2n) is 3.35. The second kappa shape index (κ2) is 4.63. The lowest BCUT2D eigenvalue weighted by atomic mass is 10.0. The summed E-state index contributed by atoms with van der Waals surface area (Å²) in [7, 11) is 0. The summed E-state index contributed by atoms with van der Waals surface area (Å²) in [5.74, 6) is 0.0243. The highest BCUT2D eigenvalue weighted by Crippen LogP contribution is 2.36. The third-order valence-corrected chi connectivity index (χ3v) is 3.52. The van der Waals surface area contributed by atoms with Gasteiger partial charge in [0, 0.05) is 10.6 Å². The minimum absolute atomic E-state index is 0.0243. The summed E-state index contributed by atoms with van der Waals surface area (Å²) in [6, 6.07) is 4.48. The van der Waals surface area contributed by atoms with Gasteiger partial charge in [-0.1, -0.05) is 23.2 Å². The van der Waals surface area contributed by atoms with Crippen molar-refractivity contribution in [1.29, 1.82) is 0 Å². The van der Waals surface area contributed by atoms with E-state index in [1.54, 1.807) is 17.4 Å². The molecule has 5 heteroatoms. The highest BCUT2D eigenvalue weighted by Gasteiger charge is 2.17.